The first-order chi connectivity index (χ1) is 6.51. The van der Waals surface area contributed by atoms with Crippen LogP contribution < -0.4 is 0 Å². The van der Waals surface area contributed by atoms with E-state index in [2.05, 4.69) is 9.78 Å². The van der Waals surface area contributed by atoms with Gasteiger partial charge in [-0.25, -0.2) is 20.3 Å². The van der Waals surface area contributed by atoms with Crippen LogP contribution >= 0.6 is 0 Å². The summed E-state index contributed by atoms with van der Waals surface area (Å²) in [6, 6.07) is 0. The van der Waals surface area contributed by atoms with Gasteiger partial charge >= 0.3 is 0 Å². The number of hydrogen-bond acceptors (Lipinski definition) is 5. The van der Waals surface area contributed by atoms with E-state index in [1.54, 1.807) is 6.92 Å². The molecule has 14 heavy (non-hydrogen) atoms. The first-order valence-electron chi connectivity index (χ1n) is 4.79. The molecule has 0 aromatic heterocycles. The summed E-state index contributed by atoms with van der Waals surface area (Å²) in [5.41, 5.74) is 0. The molecule has 0 saturated carbocycles. The van der Waals surface area contributed by atoms with Crippen molar-refractivity contribution in [2.45, 2.75) is 46.0 Å². The zero-order valence-corrected chi connectivity index (χ0v) is 8.88. The highest BCUT2D eigenvalue weighted by molar-refractivity contribution is 4.65. The van der Waals surface area contributed by atoms with E-state index in [1.165, 1.54) is 0 Å². The van der Waals surface area contributed by atoms with Gasteiger partial charge in [-0.2, -0.15) is 0 Å². The van der Waals surface area contributed by atoms with E-state index >= 15 is 0 Å². The van der Waals surface area contributed by atoms with Crippen molar-refractivity contribution in [3.8, 4) is 0 Å². The number of aliphatic hydroxyl groups is 1. The number of aliphatic hydroxyl groups excluding tert-OH is 1. The first kappa shape index (κ1) is 13.8. The van der Waals surface area contributed by atoms with E-state index in [1.807, 2.05) is 13.8 Å². The van der Waals surface area contributed by atoms with Gasteiger partial charge in [0.2, 0.25) is 6.29 Å². The lowest BCUT2D eigenvalue weighted by atomic mass is 9.97. The molecule has 5 nitrogen and oxygen atoms in total. The summed E-state index contributed by atoms with van der Waals surface area (Å²) in [7, 11) is 0. The predicted octanol–water partition coefficient (Wildman–Crippen LogP) is 1.72. The van der Waals surface area contributed by atoms with Crippen molar-refractivity contribution >= 4 is 0 Å². The van der Waals surface area contributed by atoms with Crippen LogP contribution in [0.2, 0.25) is 0 Å². The van der Waals surface area contributed by atoms with Gasteiger partial charge in [0, 0.05) is 5.92 Å². The van der Waals surface area contributed by atoms with E-state index in [0.29, 0.717) is 18.8 Å². The molecular weight excluding hydrogens is 188 g/mol. The maximum Gasteiger partial charge on any atom is 0.226 e. The zero-order chi connectivity index (χ0) is 11.1. The molecule has 86 valence electrons. The van der Waals surface area contributed by atoms with Gasteiger partial charge in [0.1, 0.15) is 0 Å². The van der Waals surface area contributed by atoms with Gasteiger partial charge in [0.05, 0.1) is 6.10 Å². The highest BCUT2D eigenvalue weighted by atomic mass is 17.2. The second-order valence-electron chi connectivity index (χ2n) is 4.08. The summed E-state index contributed by atoms with van der Waals surface area (Å²) in [6.45, 7) is 5.73. The van der Waals surface area contributed by atoms with E-state index in [4.69, 9.17) is 10.5 Å². The molecule has 0 bridgehead atoms. The topological polar surface area (TPSA) is 79.2 Å². The quantitative estimate of drug-likeness (QED) is 0.337. The van der Waals surface area contributed by atoms with Crippen LogP contribution in [0.1, 0.15) is 33.6 Å². The highest BCUT2D eigenvalue weighted by Gasteiger charge is 2.22. The van der Waals surface area contributed by atoms with Gasteiger partial charge in [0.15, 0.2) is 0 Å². The molecule has 0 aliphatic rings. The van der Waals surface area contributed by atoms with Crippen molar-refractivity contribution in [2.24, 2.45) is 11.8 Å². The Kier molecular flexibility index (Phi) is 7.04. The summed E-state index contributed by atoms with van der Waals surface area (Å²) in [4.78, 5) is 7.77. The van der Waals surface area contributed by atoms with Crippen LogP contribution in [-0.4, -0.2) is 28.0 Å². The lowest BCUT2D eigenvalue weighted by molar-refractivity contribution is -0.443. The minimum atomic E-state index is -1.10. The van der Waals surface area contributed by atoms with E-state index in [0.717, 1.165) is 0 Å². The van der Waals surface area contributed by atoms with E-state index in [9.17, 15) is 5.11 Å². The smallest absolute Gasteiger partial charge is 0.226 e. The van der Waals surface area contributed by atoms with Crippen LogP contribution in [0.25, 0.3) is 0 Å². The van der Waals surface area contributed by atoms with Crippen LogP contribution in [0.3, 0.4) is 0 Å². The Hall–Kier alpha value is -0.200. The molecule has 0 aromatic rings. The highest BCUT2D eigenvalue weighted by Crippen LogP contribution is 2.17. The number of rotatable bonds is 7. The van der Waals surface area contributed by atoms with Gasteiger partial charge in [-0.05, 0) is 18.8 Å². The van der Waals surface area contributed by atoms with Gasteiger partial charge in [0.25, 0.3) is 0 Å². The third kappa shape index (κ3) is 5.51. The fourth-order valence-electron chi connectivity index (χ4n) is 1.41. The number of hydrogen-bond donors (Lipinski definition) is 3. The second kappa shape index (κ2) is 7.14. The van der Waals surface area contributed by atoms with Crippen molar-refractivity contribution in [2.75, 3.05) is 0 Å². The van der Waals surface area contributed by atoms with Gasteiger partial charge in [-0.1, -0.05) is 20.8 Å². The first-order valence-corrected chi connectivity index (χ1v) is 4.79. The minimum Gasteiger partial charge on any atom is -0.393 e. The van der Waals surface area contributed by atoms with E-state index < -0.39 is 12.4 Å². The third-order valence-corrected chi connectivity index (χ3v) is 2.06. The summed E-state index contributed by atoms with van der Waals surface area (Å²) in [5, 5.41) is 26.2. The second-order valence-corrected chi connectivity index (χ2v) is 4.08. The SMILES string of the molecule is CC(C)CC(O)CC(C)C(OO)OO. The molecule has 2 unspecified atom stereocenters. The van der Waals surface area contributed by atoms with Crippen LogP contribution in [0.15, 0.2) is 0 Å². The maximum absolute atomic E-state index is 9.56. The molecule has 0 aliphatic carbocycles. The molecule has 0 aliphatic heterocycles. The van der Waals surface area contributed by atoms with Crippen LogP contribution in [-0.2, 0) is 9.78 Å². The molecule has 2 atom stereocenters. The van der Waals surface area contributed by atoms with Crippen molar-refractivity contribution in [1.82, 2.24) is 0 Å². The molecule has 0 saturated heterocycles. The summed E-state index contributed by atoms with van der Waals surface area (Å²) in [6.07, 6.45) is -0.493. The summed E-state index contributed by atoms with van der Waals surface area (Å²) >= 11 is 0. The standard InChI is InChI=1S/C9H20O5/c1-6(2)4-8(10)5-7(3)9(13-11)14-12/h6-12H,4-5H2,1-3H3. The largest absolute Gasteiger partial charge is 0.393 e. The summed E-state index contributed by atoms with van der Waals surface area (Å²) < 4.78 is 0. The molecule has 0 spiro atoms. The molecular formula is C9H20O5. The van der Waals surface area contributed by atoms with E-state index in [-0.39, 0.29) is 5.92 Å². The van der Waals surface area contributed by atoms with Crippen molar-refractivity contribution < 1.29 is 25.4 Å². The van der Waals surface area contributed by atoms with Crippen LogP contribution in [0.5, 0.6) is 0 Å². The molecule has 0 amide bonds. The normalized spacial score (nSPS) is 16.3. The zero-order valence-electron chi connectivity index (χ0n) is 8.88. The molecule has 0 heterocycles. The minimum absolute atomic E-state index is 0.279. The average molecular weight is 208 g/mol. The maximum atomic E-state index is 9.56. The predicted molar refractivity (Wildman–Crippen MR) is 50.5 cm³/mol. The van der Waals surface area contributed by atoms with Crippen molar-refractivity contribution in [3.63, 3.8) is 0 Å². The molecule has 0 fully saturated rings. The Morgan fingerprint density at radius 3 is 1.86 bits per heavy atom. The van der Waals surface area contributed by atoms with Crippen LogP contribution in [0, 0.1) is 11.8 Å². The lowest BCUT2D eigenvalue weighted by Crippen LogP contribution is -2.27. The van der Waals surface area contributed by atoms with Crippen LogP contribution in [0.4, 0.5) is 0 Å². The lowest BCUT2D eigenvalue weighted by Gasteiger charge is -2.21. The Labute approximate surface area is 84.1 Å². The molecule has 3 N–H and O–H groups in total. The van der Waals surface area contributed by atoms with Crippen molar-refractivity contribution in [3.05, 3.63) is 0 Å². The fraction of sp³-hybridized carbons (Fsp3) is 1.00. The monoisotopic (exact) mass is 208 g/mol. The average Bonchev–Trinajstić information content (AvgIpc) is 2.04. The van der Waals surface area contributed by atoms with Gasteiger partial charge in [-0.3, -0.25) is 0 Å². The van der Waals surface area contributed by atoms with Crippen molar-refractivity contribution in [1.29, 1.82) is 0 Å². The molecule has 0 rings (SSSR count). The van der Waals surface area contributed by atoms with Gasteiger partial charge < -0.3 is 5.11 Å². The fourth-order valence-corrected chi connectivity index (χ4v) is 1.41. The Balaban J connectivity index is 3.84. The Morgan fingerprint density at radius 1 is 1.00 bits per heavy atom. The van der Waals surface area contributed by atoms with Gasteiger partial charge in [-0.15, -0.1) is 0 Å². The molecule has 0 radical (unpaired) electrons. The summed E-state index contributed by atoms with van der Waals surface area (Å²) in [5.74, 6) is 0.125. The third-order valence-electron chi connectivity index (χ3n) is 2.06. The molecule has 0 aromatic carbocycles. The Bertz CT molecular complexity index is 135. The Morgan fingerprint density at radius 2 is 1.50 bits per heavy atom. The molecule has 5 heteroatoms.